The SMILES string of the molecule is Cc1c(-c2cc(C(F)(F)F)nc(Nc3sc4c(c3C#N)CCC4)n2)cnn1C. The quantitative estimate of drug-likeness (QED) is 0.701. The number of nitrogens with one attached hydrogen (secondary N) is 1. The van der Waals surface area contributed by atoms with E-state index in [4.69, 9.17) is 0 Å². The van der Waals surface area contributed by atoms with E-state index < -0.39 is 11.9 Å². The van der Waals surface area contributed by atoms with Crippen LogP contribution >= 0.6 is 11.3 Å². The maximum atomic E-state index is 13.4. The van der Waals surface area contributed by atoms with E-state index in [2.05, 4.69) is 26.5 Å². The largest absolute Gasteiger partial charge is 0.433 e. The van der Waals surface area contributed by atoms with Crippen LogP contribution in [0.1, 0.15) is 33.8 Å². The summed E-state index contributed by atoms with van der Waals surface area (Å²) in [7, 11) is 1.70. The molecule has 144 valence electrons. The number of aryl methyl sites for hydroxylation is 2. The lowest BCUT2D eigenvalue weighted by molar-refractivity contribution is -0.141. The minimum Gasteiger partial charge on any atom is -0.315 e. The van der Waals surface area contributed by atoms with Gasteiger partial charge in [0.2, 0.25) is 5.95 Å². The summed E-state index contributed by atoms with van der Waals surface area (Å²) in [5.41, 5.74) is 1.70. The topological polar surface area (TPSA) is 79.4 Å². The lowest BCUT2D eigenvalue weighted by atomic mass is 10.1. The molecule has 0 amide bonds. The summed E-state index contributed by atoms with van der Waals surface area (Å²) < 4.78 is 41.8. The molecule has 28 heavy (non-hydrogen) atoms. The fourth-order valence-corrected chi connectivity index (χ4v) is 4.48. The minimum absolute atomic E-state index is 0.123. The standard InChI is InChI=1S/C18H15F3N6S/c1-9-12(8-23-27(9)2)13-6-15(18(19,20)21)25-17(24-13)26-16-11(7-22)10-4-3-5-14(10)28-16/h6,8H,3-5H2,1-2H3,(H,24,25,26). The zero-order valence-electron chi connectivity index (χ0n) is 15.1. The van der Waals surface area contributed by atoms with Crippen molar-refractivity contribution in [2.24, 2.45) is 7.05 Å². The third-order valence-corrected chi connectivity index (χ3v) is 5.99. The maximum absolute atomic E-state index is 13.4. The predicted octanol–water partition coefficient (Wildman–Crippen LogP) is 4.37. The molecule has 1 aliphatic carbocycles. The van der Waals surface area contributed by atoms with Gasteiger partial charge in [0.15, 0.2) is 5.69 Å². The third-order valence-electron chi connectivity index (χ3n) is 4.79. The van der Waals surface area contributed by atoms with Gasteiger partial charge in [-0.1, -0.05) is 0 Å². The molecule has 3 aromatic heterocycles. The molecule has 0 bridgehead atoms. The maximum Gasteiger partial charge on any atom is 0.433 e. The second-order valence-electron chi connectivity index (χ2n) is 6.53. The summed E-state index contributed by atoms with van der Waals surface area (Å²) in [6.07, 6.45) is -0.484. The molecule has 0 spiro atoms. The van der Waals surface area contributed by atoms with Crippen LogP contribution in [0.2, 0.25) is 0 Å². The molecule has 1 N–H and O–H groups in total. The van der Waals surface area contributed by atoms with E-state index in [-0.39, 0.29) is 11.6 Å². The van der Waals surface area contributed by atoms with Gasteiger partial charge in [-0.2, -0.15) is 23.5 Å². The number of hydrogen-bond acceptors (Lipinski definition) is 6. The van der Waals surface area contributed by atoms with Gasteiger partial charge in [0.25, 0.3) is 0 Å². The van der Waals surface area contributed by atoms with Crippen LogP contribution in [0.3, 0.4) is 0 Å². The van der Waals surface area contributed by atoms with Crippen molar-refractivity contribution >= 4 is 22.3 Å². The highest BCUT2D eigenvalue weighted by Gasteiger charge is 2.34. The van der Waals surface area contributed by atoms with Gasteiger partial charge < -0.3 is 5.32 Å². The first kappa shape index (κ1) is 18.4. The molecule has 0 saturated carbocycles. The minimum atomic E-state index is -4.63. The predicted molar refractivity (Wildman–Crippen MR) is 98.3 cm³/mol. The molecule has 0 aromatic carbocycles. The number of rotatable bonds is 3. The molecule has 10 heteroatoms. The highest BCUT2D eigenvalue weighted by Crippen LogP contribution is 2.40. The van der Waals surface area contributed by atoms with Crippen LogP contribution in [0.4, 0.5) is 24.1 Å². The average molecular weight is 404 g/mol. The molecule has 0 fully saturated rings. The number of nitriles is 1. The van der Waals surface area contributed by atoms with Gasteiger partial charge in [0, 0.05) is 23.2 Å². The van der Waals surface area contributed by atoms with E-state index in [9.17, 15) is 18.4 Å². The Morgan fingerprint density at radius 3 is 2.71 bits per heavy atom. The molecule has 1 aliphatic rings. The van der Waals surface area contributed by atoms with E-state index in [1.165, 1.54) is 17.5 Å². The molecule has 0 saturated heterocycles. The van der Waals surface area contributed by atoms with Gasteiger partial charge in [0.05, 0.1) is 17.5 Å². The van der Waals surface area contributed by atoms with Gasteiger partial charge in [-0.15, -0.1) is 11.3 Å². The number of anilines is 2. The van der Waals surface area contributed by atoms with Gasteiger partial charge in [-0.25, -0.2) is 9.97 Å². The molecule has 0 aliphatic heterocycles. The fourth-order valence-electron chi connectivity index (χ4n) is 3.25. The van der Waals surface area contributed by atoms with Crippen LogP contribution in [0.5, 0.6) is 0 Å². The Morgan fingerprint density at radius 2 is 2.07 bits per heavy atom. The summed E-state index contributed by atoms with van der Waals surface area (Å²) in [4.78, 5) is 9.00. The Bertz CT molecular complexity index is 1110. The van der Waals surface area contributed by atoms with Gasteiger partial charge in [-0.3, -0.25) is 4.68 Å². The Morgan fingerprint density at radius 1 is 1.29 bits per heavy atom. The number of fused-ring (bicyclic) bond motifs is 1. The Balaban J connectivity index is 1.80. The number of aromatic nitrogens is 4. The lowest BCUT2D eigenvalue weighted by Crippen LogP contribution is -2.11. The summed E-state index contributed by atoms with van der Waals surface area (Å²) in [5.74, 6) is -0.190. The molecule has 0 atom stereocenters. The van der Waals surface area contributed by atoms with Crippen LogP contribution in [0.15, 0.2) is 12.3 Å². The molecule has 3 heterocycles. The van der Waals surface area contributed by atoms with Crippen molar-refractivity contribution in [2.45, 2.75) is 32.4 Å². The smallest absolute Gasteiger partial charge is 0.315 e. The van der Waals surface area contributed by atoms with Gasteiger partial charge in [-0.05, 0) is 37.8 Å². The zero-order valence-corrected chi connectivity index (χ0v) is 15.9. The van der Waals surface area contributed by atoms with Crippen LogP contribution in [-0.2, 0) is 26.1 Å². The average Bonchev–Trinajstić information content (AvgIpc) is 3.30. The Labute approximate surface area is 162 Å². The van der Waals surface area contributed by atoms with Crippen molar-refractivity contribution in [2.75, 3.05) is 5.32 Å². The molecule has 0 radical (unpaired) electrons. The monoisotopic (exact) mass is 404 g/mol. The summed E-state index contributed by atoms with van der Waals surface area (Å²) in [5, 5.41) is 16.9. The van der Waals surface area contributed by atoms with E-state index >= 15 is 0 Å². The van der Waals surface area contributed by atoms with Crippen molar-refractivity contribution < 1.29 is 13.2 Å². The van der Waals surface area contributed by atoms with Crippen molar-refractivity contribution in [3.05, 3.63) is 39.7 Å². The normalized spacial score (nSPS) is 13.4. The van der Waals surface area contributed by atoms with Gasteiger partial charge in [0.1, 0.15) is 11.1 Å². The second-order valence-corrected chi connectivity index (χ2v) is 7.63. The zero-order chi connectivity index (χ0) is 20.1. The Hall–Kier alpha value is -2.93. The highest BCUT2D eigenvalue weighted by atomic mass is 32.1. The van der Waals surface area contributed by atoms with Crippen LogP contribution in [-0.4, -0.2) is 19.7 Å². The van der Waals surface area contributed by atoms with E-state index in [0.717, 1.165) is 35.8 Å². The second kappa shape index (κ2) is 6.60. The summed E-state index contributed by atoms with van der Waals surface area (Å²) >= 11 is 1.38. The number of halogens is 3. The van der Waals surface area contributed by atoms with Crippen molar-refractivity contribution in [1.82, 2.24) is 19.7 Å². The van der Waals surface area contributed by atoms with Crippen molar-refractivity contribution in [3.8, 4) is 17.3 Å². The van der Waals surface area contributed by atoms with Crippen molar-refractivity contribution in [1.29, 1.82) is 5.26 Å². The highest BCUT2D eigenvalue weighted by molar-refractivity contribution is 7.16. The molecule has 0 unspecified atom stereocenters. The number of nitrogens with zero attached hydrogens (tertiary/aromatic N) is 5. The molecular weight excluding hydrogens is 389 g/mol. The first-order chi connectivity index (χ1) is 13.3. The van der Waals surface area contributed by atoms with Crippen LogP contribution in [0, 0.1) is 18.3 Å². The van der Waals surface area contributed by atoms with E-state index in [1.807, 2.05) is 0 Å². The van der Waals surface area contributed by atoms with Crippen LogP contribution in [0.25, 0.3) is 11.3 Å². The molecule has 6 nitrogen and oxygen atoms in total. The molecular formula is C18H15F3N6S. The fraction of sp³-hybridized carbons (Fsp3) is 0.333. The van der Waals surface area contributed by atoms with E-state index in [0.29, 0.717) is 21.8 Å². The summed E-state index contributed by atoms with van der Waals surface area (Å²) in [6, 6.07) is 3.07. The first-order valence-corrected chi connectivity index (χ1v) is 9.36. The number of hydrogen-bond donors (Lipinski definition) is 1. The summed E-state index contributed by atoms with van der Waals surface area (Å²) in [6.45, 7) is 1.75. The van der Waals surface area contributed by atoms with Crippen molar-refractivity contribution in [3.63, 3.8) is 0 Å². The number of alkyl halides is 3. The lowest BCUT2D eigenvalue weighted by Gasteiger charge is -2.11. The van der Waals surface area contributed by atoms with Gasteiger partial charge >= 0.3 is 6.18 Å². The van der Waals surface area contributed by atoms with Crippen LogP contribution < -0.4 is 5.32 Å². The molecule has 3 aromatic rings. The Kier molecular flexibility index (Phi) is 4.34. The first-order valence-electron chi connectivity index (χ1n) is 8.55. The third kappa shape index (κ3) is 3.11. The molecule has 4 rings (SSSR count). The van der Waals surface area contributed by atoms with E-state index in [1.54, 1.807) is 18.7 Å². The number of thiophene rings is 1.